The van der Waals surface area contributed by atoms with Gasteiger partial charge in [-0.2, -0.15) is 0 Å². The van der Waals surface area contributed by atoms with E-state index < -0.39 is 0 Å². The van der Waals surface area contributed by atoms with Gasteiger partial charge in [0.05, 0.1) is 0 Å². The molecule has 20 heavy (non-hydrogen) atoms. The lowest BCUT2D eigenvalue weighted by Crippen LogP contribution is -2.22. The maximum atomic E-state index is 6.24. The number of benzene rings is 2. The van der Waals surface area contributed by atoms with Crippen molar-refractivity contribution in [2.24, 2.45) is 0 Å². The van der Waals surface area contributed by atoms with Gasteiger partial charge in [0.1, 0.15) is 0 Å². The van der Waals surface area contributed by atoms with E-state index >= 15 is 0 Å². The predicted molar refractivity (Wildman–Crippen MR) is 90.6 cm³/mol. The number of hydrogen-bond acceptors (Lipinski definition) is 1. The van der Waals surface area contributed by atoms with E-state index in [1.54, 1.807) is 6.07 Å². The summed E-state index contributed by atoms with van der Waals surface area (Å²) >= 11 is 15.6. The molecule has 2 aromatic rings. The number of hydrogen-bond donors (Lipinski definition) is 1. The Morgan fingerprint density at radius 1 is 0.950 bits per heavy atom. The molecule has 106 valence electrons. The molecule has 0 saturated carbocycles. The number of halogens is 3. The van der Waals surface area contributed by atoms with Crippen molar-refractivity contribution >= 4 is 39.1 Å². The molecule has 0 aromatic heterocycles. The fourth-order valence-electron chi connectivity index (χ4n) is 2.17. The second-order valence-electron chi connectivity index (χ2n) is 4.83. The van der Waals surface area contributed by atoms with Crippen molar-refractivity contribution in [2.75, 3.05) is 0 Å². The van der Waals surface area contributed by atoms with Crippen molar-refractivity contribution in [1.82, 2.24) is 5.32 Å². The lowest BCUT2D eigenvalue weighted by molar-refractivity contribution is 0.495. The molecule has 1 nitrogen and oxygen atoms in total. The summed E-state index contributed by atoms with van der Waals surface area (Å²) < 4.78 is 1.09. The van der Waals surface area contributed by atoms with Crippen LogP contribution in [0.4, 0.5) is 0 Å². The summed E-state index contributed by atoms with van der Waals surface area (Å²) in [6.07, 6.45) is 0. The fourth-order valence-corrected chi connectivity index (χ4v) is 3.00. The van der Waals surface area contributed by atoms with Gasteiger partial charge in [-0.15, -0.1) is 0 Å². The quantitative estimate of drug-likeness (QED) is 0.676. The van der Waals surface area contributed by atoms with Gasteiger partial charge in [-0.05, 0) is 49.2 Å². The molecular weight excluding hydrogens is 357 g/mol. The van der Waals surface area contributed by atoms with Crippen molar-refractivity contribution in [1.29, 1.82) is 0 Å². The summed E-state index contributed by atoms with van der Waals surface area (Å²) in [6.45, 7) is 4.24. The van der Waals surface area contributed by atoms with E-state index in [9.17, 15) is 0 Å². The van der Waals surface area contributed by atoms with Crippen LogP contribution in [0.2, 0.25) is 10.0 Å². The second-order valence-corrected chi connectivity index (χ2v) is 6.59. The summed E-state index contributed by atoms with van der Waals surface area (Å²) in [5, 5.41) is 4.90. The average molecular weight is 373 g/mol. The van der Waals surface area contributed by atoms with Gasteiger partial charge in [0.15, 0.2) is 0 Å². The minimum Gasteiger partial charge on any atom is -0.304 e. The monoisotopic (exact) mass is 371 g/mol. The van der Waals surface area contributed by atoms with Gasteiger partial charge in [-0.3, -0.25) is 0 Å². The average Bonchev–Trinajstić information content (AvgIpc) is 2.39. The van der Waals surface area contributed by atoms with E-state index in [1.165, 1.54) is 5.56 Å². The Bertz CT molecular complexity index is 584. The van der Waals surface area contributed by atoms with Crippen LogP contribution in [0.5, 0.6) is 0 Å². The molecule has 0 amide bonds. The molecule has 2 aromatic carbocycles. The normalized spacial score (nSPS) is 14.1. The Morgan fingerprint density at radius 2 is 1.60 bits per heavy atom. The minimum absolute atomic E-state index is 0.151. The van der Waals surface area contributed by atoms with E-state index in [2.05, 4.69) is 47.2 Å². The van der Waals surface area contributed by atoms with Crippen LogP contribution in [0, 0.1) is 0 Å². The SMILES string of the molecule is CC(N[C@H](C)c1ccc(Br)cc1)c1ccc(Cl)cc1Cl. The van der Waals surface area contributed by atoms with Crippen LogP contribution in [0.3, 0.4) is 0 Å². The zero-order chi connectivity index (χ0) is 14.7. The lowest BCUT2D eigenvalue weighted by atomic mass is 10.0. The first kappa shape index (κ1) is 15.8. The van der Waals surface area contributed by atoms with Gasteiger partial charge in [0.25, 0.3) is 0 Å². The zero-order valence-corrected chi connectivity index (χ0v) is 14.4. The third-order valence-electron chi connectivity index (χ3n) is 3.30. The molecule has 1 N–H and O–H groups in total. The lowest BCUT2D eigenvalue weighted by Gasteiger charge is -2.21. The van der Waals surface area contributed by atoms with Gasteiger partial charge in [0.2, 0.25) is 0 Å². The van der Waals surface area contributed by atoms with Crippen LogP contribution >= 0.6 is 39.1 Å². The molecule has 0 radical (unpaired) electrons. The predicted octanol–water partition coefficient (Wildman–Crippen LogP) is 6.17. The van der Waals surface area contributed by atoms with Crippen molar-refractivity contribution in [3.05, 3.63) is 68.1 Å². The first-order valence-corrected chi connectivity index (χ1v) is 7.98. The fraction of sp³-hybridized carbons (Fsp3) is 0.250. The first-order chi connectivity index (χ1) is 9.47. The van der Waals surface area contributed by atoms with Crippen LogP contribution in [-0.2, 0) is 0 Å². The zero-order valence-electron chi connectivity index (χ0n) is 11.3. The third kappa shape index (κ3) is 3.98. The Hall–Kier alpha value is -0.540. The molecule has 0 aliphatic heterocycles. The minimum atomic E-state index is 0.151. The van der Waals surface area contributed by atoms with Crippen molar-refractivity contribution in [3.8, 4) is 0 Å². The number of rotatable bonds is 4. The summed E-state index contributed by atoms with van der Waals surface area (Å²) in [7, 11) is 0. The maximum absolute atomic E-state index is 6.24. The van der Waals surface area contributed by atoms with Crippen LogP contribution in [0.1, 0.15) is 37.1 Å². The molecule has 0 aliphatic rings. The molecule has 0 fully saturated rings. The van der Waals surface area contributed by atoms with Gasteiger partial charge in [-0.25, -0.2) is 0 Å². The Kier molecular flexibility index (Phi) is 5.50. The molecule has 1 unspecified atom stereocenters. The van der Waals surface area contributed by atoms with Crippen molar-refractivity contribution < 1.29 is 0 Å². The Balaban J connectivity index is 2.10. The van der Waals surface area contributed by atoms with Gasteiger partial charge >= 0.3 is 0 Å². The highest BCUT2D eigenvalue weighted by Gasteiger charge is 2.13. The van der Waals surface area contributed by atoms with Crippen LogP contribution in [-0.4, -0.2) is 0 Å². The molecular formula is C16H16BrCl2N. The highest BCUT2D eigenvalue weighted by Crippen LogP contribution is 2.28. The van der Waals surface area contributed by atoms with Gasteiger partial charge in [0, 0.05) is 26.6 Å². The Labute approximate surface area is 138 Å². The summed E-state index contributed by atoms with van der Waals surface area (Å²) in [5.74, 6) is 0. The van der Waals surface area contributed by atoms with Crippen LogP contribution in [0.25, 0.3) is 0 Å². The molecule has 2 atom stereocenters. The molecule has 4 heteroatoms. The summed E-state index contributed by atoms with van der Waals surface area (Å²) in [6, 6.07) is 14.3. The van der Waals surface area contributed by atoms with E-state index in [0.29, 0.717) is 10.0 Å². The molecule has 0 saturated heterocycles. The summed E-state index contributed by atoms with van der Waals surface area (Å²) in [5.41, 5.74) is 2.30. The van der Waals surface area contributed by atoms with Crippen molar-refractivity contribution in [3.63, 3.8) is 0 Å². The van der Waals surface area contributed by atoms with Crippen LogP contribution in [0.15, 0.2) is 46.9 Å². The van der Waals surface area contributed by atoms with Gasteiger partial charge in [-0.1, -0.05) is 57.3 Å². The van der Waals surface area contributed by atoms with E-state index in [1.807, 2.05) is 24.3 Å². The van der Waals surface area contributed by atoms with E-state index in [-0.39, 0.29) is 12.1 Å². The second kappa shape index (κ2) is 6.95. The highest BCUT2D eigenvalue weighted by atomic mass is 79.9. The first-order valence-electron chi connectivity index (χ1n) is 6.44. The van der Waals surface area contributed by atoms with E-state index in [4.69, 9.17) is 23.2 Å². The molecule has 2 rings (SSSR count). The van der Waals surface area contributed by atoms with E-state index in [0.717, 1.165) is 10.0 Å². The van der Waals surface area contributed by atoms with Crippen molar-refractivity contribution in [2.45, 2.75) is 25.9 Å². The Morgan fingerprint density at radius 3 is 2.20 bits per heavy atom. The molecule has 0 heterocycles. The standard InChI is InChI=1S/C16H16BrCl2N/c1-10(12-3-5-13(17)6-4-12)20-11(2)15-8-7-14(18)9-16(15)19/h3-11,20H,1-2H3/t10-,11?/m1/s1. The summed E-state index contributed by atoms with van der Waals surface area (Å²) in [4.78, 5) is 0. The van der Waals surface area contributed by atoms with Crippen LogP contribution < -0.4 is 5.32 Å². The number of nitrogens with one attached hydrogen (secondary N) is 1. The highest BCUT2D eigenvalue weighted by molar-refractivity contribution is 9.10. The topological polar surface area (TPSA) is 12.0 Å². The third-order valence-corrected chi connectivity index (χ3v) is 4.39. The van der Waals surface area contributed by atoms with Gasteiger partial charge < -0.3 is 5.32 Å². The molecule has 0 bridgehead atoms. The molecule has 0 spiro atoms. The smallest absolute Gasteiger partial charge is 0.0468 e. The molecule has 0 aliphatic carbocycles. The maximum Gasteiger partial charge on any atom is 0.0468 e. The largest absolute Gasteiger partial charge is 0.304 e.